The monoisotopic (exact) mass is 1160 g/mol. The van der Waals surface area contributed by atoms with Crippen LogP contribution in [0.3, 0.4) is 0 Å². The lowest BCUT2D eigenvalue weighted by Crippen LogP contribution is -2.61. The molecular weight excluding hydrogens is 1070 g/mol. The van der Waals surface area contributed by atoms with Crippen molar-refractivity contribution in [2.45, 2.75) is 207 Å². The molecular formula is C83H92BN3O. The minimum Gasteiger partial charge on any atom is -0.468 e. The highest BCUT2D eigenvalue weighted by Gasteiger charge is 2.50. The lowest BCUT2D eigenvalue weighted by atomic mass is 9.35. The normalized spacial score (nSPS) is 20.3. The molecule has 1 saturated carbocycles. The molecule has 0 spiro atoms. The third-order valence-electron chi connectivity index (χ3n) is 22.6. The number of benzene rings is 8. The largest absolute Gasteiger partial charge is 0.468 e. The number of nitrogens with zero attached hydrogens (tertiary/aromatic N) is 3. The molecule has 4 heterocycles. The van der Waals surface area contributed by atoms with Crippen molar-refractivity contribution in [1.29, 1.82) is 0 Å². The minimum absolute atomic E-state index is 0.0125. The topological polar surface area (TPSA) is 24.6 Å². The van der Waals surface area contributed by atoms with Crippen LogP contribution in [0.15, 0.2) is 150 Å². The van der Waals surface area contributed by atoms with Crippen LogP contribution in [0.2, 0.25) is 0 Å². The van der Waals surface area contributed by atoms with Crippen LogP contribution in [0.25, 0.3) is 49.6 Å². The second-order valence-electron chi connectivity index (χ2n) is 33.6. The number of hydrogen-bond acceptors (Lipinski definition) is 3. The molecule has 3 aliphatic carbocycles. The Morgan fingerprint density at radius 2 is 1.05 bits per heavy atom. The van der Waals surface area contributed by atoms with Gasteiger partial charge in [-0.05, 0) is 210 Å². The summed E-state index contributed by atoms with van der Waals surface area (Å²) in [5.74, 6) is 1.14. The van der Waals surface area contributed by atoms with Crippen molar-refractivity contribution in [2.24, 2.45) is 5.92 Å². The smallest absolute Gasteiger partial charge is 0.297 e. The van der Waals surface area contributed by atoms with Crippen LogP contribution in [0.4, 0.5) is 34.1 Å². The van der Waals surface area contributed by atoms with E-state index < -0.39 is 0 Å². The summed E-state index contributed by atoms with van der Waals surface area (Å²) in [6.07, 6.45) is 7.29. The molecule has 8 aromatic carbocycles. The van der Waals surface area contributed by atoms with Gasteiger partial charge in [0, 0.05) is 44.5 Å². The summed E-state index contributed by atoms with van der Waals surface area (Å²) in [7, 11) is 0. The van der Waals surface area contributed by atoms with Gasteiger partial charge in [-0.2, -0.15) is 0 Å². The number of hydrogen-bond donors (Lipinski definition) is 0. The molecule has 10 aromatic rings. The fraction of sp³-hybridized carbons (Fsp3) is 0.398. The molecule has 3 unspecified atom stereocenters. The summed E-state index contributed by atoms with van der Waals surface area (Å²) in [6, 6.07) is 58.6. The Morgan fingerprint density at radius 3 is 1.65 bits per heavy atom. The Balaban J connectivity index is 1.16. The first kappa shape index (κ1) is 57.2. The van der Waals surface area contributed by atoms with E-state index in [1.54, 1.807) is 0 Å². The Kier molecular flexibility index (Phi) is 12.3. The Hall–Kier alpha value is -7.24. The highest BCUT2D eigenvalue weighted by atomic mass is 16.3. The Labute approximate surface area is 525 Å². The van der Waals surface area contributed by atoms with E-state index in [2.05, 4.69) is 285 Å². The minimum atomic E-state index is -0.226. The quantitative estimate of drug-likeness (QED) is 0.164. The highest BCUT2D eigenvalue weighted by molar-refractivity contribution is 7.00. The van der Waals surface area contributed by atoms with Gasteiger partial charge in [0.15, 0.2) is 0 Å². The van der Waals surface area contributed by atoms with Gasteiger partial charge in [0.1, 0.15) is 5.58 Å². The predicted molar refractivity (Wildman–Crippen MR) is 378 cm³/mol. The molecule has 2 aromatic heterocycles. The van der Waals surface area contributed by atoms with Crippen LogP contribution < -0.4 is 26.4 Å². The first-order chi connectivity index (χ1) is 41.4. The summed E-state index contributed by atoms with van der Waals surface area (Å²) in [5.41, 5.74) is 28.7. The van der Waals surface area contributed by atoms with E-state index in [0.717, 1.165) is 35.5 Å². The van der Waals surface area contributed by atoms with Crippen molar-refractivity contribution in [3.05, 3.63) is 190 Å². The maximum Gasteiger partial charge on any atom is 0.297 e. The Morgan fingerprint density at radius 1 is 0.489 bits per heavy atom. The van der Waals surface area contributed by atoms with Gasteiger partial charge in [-0.3, -0.25) is 0 Å². The van der Waals surface area contributed by atoms with Gasteiger partial charge in [0.25, 0.3) is 6.71 Å². The van der Waals surface area contributed by atoms with E-state index in [-0.39, 0.29) is 44.6 Å². The molecule has 2 bridgehead atoms. The molecule has 2 aliphatic heterocycles. The van der Waals surface area contributed by atoms with Gasteiger partial charge >= 0.3 is 0 Å². The second-order valence-corrected chi connectivity index (χ2v) is 33.6. The van der Waals surface area contributed by atoms with E-state index in [9.17, 15) is 0 Å². The van der Waals surface area contributed by atoms with E-state index in [4.69, 9.17) is 4.42 Å². The summed E-state index contributed by atoms with van der Waals surface area (Å²) in [5, 5.41) is 3.76. The second kappa shape index (κ2) is 18.9. The maximum absolute atomic E-state index is 8.01. The molecule has 1 fully saturated rings. The molecule has 448 valence electrons. The van der Waals surface area contributed by atoms with Crippen LogP contribution in [0, 0.1) is 5.92 Å². The van der Waals surface area contributed by atoms with Gasteiger partial charge in [-0.15, -0.1) is 0 Å². The SMILES string of the molecule is CC1c2cc3oc4c(c3cc2C2(C)CCCC1C2)N(c1cc2c(cc1-c1ccccc1)C(C)(C)CCC2(C)C)c1cc(-n2c3cc(C(C)(C)C)ccc3c3ccc(C(C)(C)C)cc32)cc2c1B4c1cc(C(C)(C)C)ccc1N2c1ccc(C(C)(C)C)cc1. The number of anilines is 6. The molecule has 0 radical (unpaired) electrons. The zero-order valence-corrected chi connectivity index (χ0v) is 56.1. The van der Waals surface area contributed by atoms with E-state index >= 15 is 0 Å². The van der Waals surface area contributed by atoms with Crippen molar-refractivity contribution in [2.75, 3.05) is 9.80 Å². The summed E-state index contributed by atoms with van der Waals surface area (Å²) < 4.78 is 10.7. The molecule has 5 heteroatoms. The fourth-order valence-electron chi connectivity index (χ4n) is 17.0. The highest BCUT2D eigenvalue weighted by Crippen LogP contribution is 2.58. The van der Waals surface area contributed by atoms with Crippen molar-refractivity contribution in [1.82, 2.24) is 4.57 Å². The predicted octanol–water partition coefficient (Wildman–Crippen LogP) is 21.4. The molecule has 88 heavy (non-hydrogen) atoms. The van der Waals surface area contributed by atoms with Gasteiger partial charge in [0.05, 0.1) is 33.8 Å². The molecule has 5 aliphatic rings. The molecule has 0 amide bonds. The summed E-state index contributed by atoms with van der Waals surface area (Å²) in [4.78, 5) is 5.39. The first-order valence-electron chi connectivity index (χ1n) is 33.4. The van der Waals surface area contributed by atoms with E-state index in [1.165, 1.54) is 148 Å². The van der Waals surface area contributed by atoms with Crippen molar-refractivity contribution in [3.8, 4) is 16.8 Å². The van der Waals surface area contributed by atoms with Crippen molar-refractivity contribution in [3.63, 3.8) is 0 Å². The van der Waals surface area contributed by atoms with E-state index in [0.29, 0.717) is 11.8 Å². The van der Waals surface area contributed by atoms with Crippen LogP contribution in [-0.2, 0) is 37.9 Å². The van der Waals surface area contributed by atoms with E-state index in [1.807, 2.05) is 0 Å². The number of rotatable bonds is 4. The first-order valence-corrected chi connectivity index (χ1v) is 33.4. The van der Waals surface area contributed by atoms with Crippen LogP contribution in [0.5, 0.6) is 0 Å². The molecule has 3 atom stereocenters. The summed E-state index contributed by atoms with van der Waals surface area (Å²) in [6.45, 7) is 43.1. The number of aromatic nitrogens is 1. The average molecular weight is 1160 g/mol. The van der Waals surface area contributed by atoms with Crippen LogP contribution >= 0.6 is 0 Å². The maximum atomic E-state index is 8.01. The standard InChI is InChI=1S/C83H92BN3O/c1-49-51-25-22-36-83(18,48-51)63-45-62-73(46-60(49)63)88-76-75(62)87(70-47-65-64(81(14,15)37-38-82(65,16)17)44-61(70)50-23-20-19-21-24-50)72-43-57(86-68-40-54(79(8,9)10)28-33-58(68)59-34-29-55(41-69(59)86)80(11,12)13)42-71-74(72)84(76)66-39-53(78(5,6)7)30-35-67(66)85(71)56-31-26-52(27-32-56)77(2,3)4/h19-21,23-24,26-35,39-47,49,51H,22,25,36-38,48H2,1-18H3. The van der Waals surface area contributed by atoms with Crippen molar-refractivity contribution < 1.29 is 4.42 Å². The zero-order chi connectivity index (χ0) is 61.9. The van der Waals surface area contributed by atoms with Crippen LogP contribution in [0.1, 0.15) is 214 Å². The van der Waals surface area contributed by atoms with Gasteiger partial charge in [0.2, 0.25) is 0 Å². The molecule has 0 N–H and O–H groups in total. The third-order valence-corrected chi connectivity index (χ3v) is 22.6. The zero-order valence-electron chi connectivity index (χ0n) is 56.1. The van der Waals surface area contributed by atoms with Gasteiger partial charge in [-0.25, -0.2) is 0 Å². The summed E-state index contributed by atoms with van der Waals surface area (Å²) >= 11 is 0. The fourth-order valence-corrected chi connectivity index (χ4v) is 17.0. The third kappa shape index (κ3) is 8.64. The molecule has 15 rings (SSSR count). The van der Waals surface area contributed by atoms with Crippen molar-refractivity contribution >= 4 is 90.2 Å². The molecule has 4 nitrogen and oxygen atoms in total. The Bertz CT molecular complexity index is 4470. The lowest BCUT2D eigenvalue weighted by molar-refractivity contribution is 0.191. The van der Waals surface area contributed by atoms with Gasteiger partial charge < -0.3 is 18.8 Å². The lowest BCUT2D eigenvalue weighted by Gasteiger charge is -2.47. The molecule has 0 saturated heterocycles. The number of furan rings is 1. The average Bonchev–Trinajstić information content (AvgIpc) is 0.874. The van der Waals surface area contributed by atoms with Crippen LogP contribution in [-0.4, -0.2) is 11.3 Å². The number of fused-ring (bicyclic) bond motifs is 14. The van der Waals surface area contributed by atoms with Gasteiger partial charge in [-0.1, -0.05) is 210 Å².